The Hall–Kier alpha value is -2.68. The summed E-state index contributed by atoms with van der Waals surface area (Å²) in [7, 11) is 0. The molecule has 8 nitrogen and oxygen atoms in total. The molecule has 2 rings (SSSR count). The standard InChI is InChI=1S/C14H14N4O4S/c1-8-5-10(18(21)22)3-4-11(8)16-13(20)7-23-14-15-9(2)6-12(19)17-14/h3-6H,7H2,1-2H3,(H,16,20)(H,15,17,19). The topological polar surface area (TPSA) is 118 Å². The number of H-pyrrole nitrogens is 1. The highest BCUT2D eigenvalue weighted by Gasteiger charge is 2.11. The number of carbonyl (C=O) groups is 1. The van der Waals surface area contributed by atoms with Crippen molar-refractivity contribution in [2.24, 2.45) is 0 Å². The summed E-state index contributed by atoms with van der Waals surface area (Å²) in [5.74, 6) is -0.237. The first-order valence-corrected chi connectivity index (χ1v) is 7.59. The molecule has 0 aliphatic rings. The summed E-state index contributed by atoms with van der Waals surface area (Å²) in [5.41, 5.74) is 1.37. The predicted molar refractivity (Wildman–Crippen MR) is 86.8 cm³/mol. The van der Waals surface area contributed by atoms with Crippen LogP contribution in [0.15, 0.2) is 34.2 Å². The molecule has 0 atom stereocenters. The highest BCUT2D eigenvalue weighted by Crippen LogP contribution is 2.21. The molecule has 1 aromatic carbocycles. The summed E-state index contributed by atoms with van der Waals surface area (Å²) < 4.78 is 0. The van der Waals surface area contributed by atoms with E-state index in [0.717, 1.165) is 11.8 Å². The summed E-state index contributed by atoms with van der Waals surface area (Å²) in [6.07, 6.45) is 0. The maximum atomic E-state index is 11.9. The van der Waals surface area contributed by atoms with Gasteiger partial charge in [0.25, 0.3) is 11.2 Å². The fraction of sp³-hybridized carbons (Fsp3) is 0.214. The van der Waals surface area contributed by atoms with Crippen LogP contribution in [0, 0.1) is 24.0 Å². The Morgan fingerprint density at radius 3 is 2.74 bits per heavy atom. The monoisotopic (exact) mass is 334 g/mol. The lowest BCUT2D eigenvalue weighted by Gasteiger charge is -2.08. The molecule has 1 heterocycles. The number of nitrogens with zero attached hydrogens (tertiary/aromatic N) is 2. The van der Waals surface area contributed by atoms with Gasteiger partial charge < -0.3 is 10.3 Å². The van der Waals surface area contributed by atoms with Crippen molar-refractivity contribution in [2.45, 2.75) is 19.0 Å². The Balaban J connectivity index is 1.99. The van der Waals surface area contributed by atoms with Gasteiger partial charge in [-0.25, -0.2) is 4.98 Å². The summed E-state index contributed by atoms with van der Waals surface area (Å²) in [6, 6.07) is 5.57. The average Bonchev–Trinajstić information content (AvgIpc) is 2.46. The molecule has 120 valence electrons. The summed E-state index contributed by atoms with van der Waals surface area (Å²) in [5, 5.41) is 13.7. The molecule has 0 bridgehead atoms. The number of non-ortho nitro benzene ring substituents is 1. The SMILES string of the molecule is Cc1cc(=O)[nH]c(SCC(=O)Nc2ccc([N+](=O)[O-])cc2C)n1. The van der Waals surface area contributed by atoms with Gasteiger partial charge >= 0.3 is 0 Å². The van der Waals surface area contributed by atoms with Crippen molar-refractivity contribution in [1.29, 1.82) is 0 Å². The van der Waals surface area contributed by atoms with Gasteiger partial charge in [-0.05, 0) is 25.5 Å². The number of carbonyl (C=O) groups excluding carboxylic acids is 1. The van der Waals surface area contributed by atoms with E-state index in [9.17, 15) is 19.7 Å². The number of aryl methyl sites for hydroxylation is 2. The van der Waals surface area contributed by atoms with Crippen molar-refractivity contribution >= 4 is 29.0 Å². The molecule has 0 spiro atoms. The smallest absolute Gasteiger partial charge is 0.269 e. The molecule has 0 fully saturated rings. The van der Waals surface area contributed by atoms with Crippen LogP contribution in [0.2, 0.25) is 0 Å². The van der Waals surface area contributed by atoms with Gasteiger partial charge in [0.2, 0.25) is 5.91 Å². The Bertz CT molecular complexity index is 819. The maximum absolute atomic E-state index is 11.9. The van der Waals surface area contributed by atoms with E-state index in [-0.39, 0.29) is 22.9 Å². The van der Waals surface area contributed by atoms with E-state index in [1.807, 2.05) is 0 Å². The zero-order valence-electron chi connectivity index (χ0n) is 12.5. The minimum absolute atomic E-state index is 0.0311. The lowest BCUT2D eigenvalue weighted by atomic mass is 10.2. The van der Waals surface area contributed by atoms with Crippen LogP contribution >= 0.6 is 11.8 Å². The molecule has 2 N–H and O–H groups in total. The third kappa shape index (κ3) is 4.65. The Labute approximate surface area is 135 Å². The molecular weight excluding hydrogens is 320 g/mol. The fourth-order valence-corrected chi connectivity index (χ4v) is 2.56. The van der Waals surface area contributed by atoms with Crippen LogP contribution < -0.4 is 10.9 Å². The van der Waals surface area contributed by atoms with Crippen LogP contribution in [-0.2, 0) is 4.79 Å². The van der Waals surface area contributed by atoms with Crippen molar-refractivity contribution in [1.82, 2.24) is 9.97 Å². The molecule has 0 aliphatic heterocycles. The Morgan fingerprint density at radius 1 is 1.39 bits per heavy atom. The number of nitro groups is 1. The first-order valence-electron chi connectivity index (χ1n) is 6.61. The third-order valence-electron chi connectivity index (χ3n) is 2.88. The molecular formula is C14H14N4O4S. The van der Waals surface area contributed by atoms with Crippen LogP contribution in [0.1, 0.15) is 11.3 Å². The van der Waals surface area contributed by atoms with Crippen LogP contribution in [0.5, 0.6) is 0 Å². The van der Waals surface area contributed by atoms with E-state index in [4.69, 9.17) is 0 Å². The van der Waals surface area contributed by atoms with Crippen LogP contribution in [0.4, 0.5) is 11.4 Å². The van der Waals surface area contributed by atoms with Crippen molar-refractivity contribution < 1.29 is 9.72 Å². The van der Waals surface area contributed by atoms with Crippen molar-refractivity contribution in [2.75, 3.05) is 11.1 Å². The number of hydrogen-bond acceptors (Lipinski definition) is 6. The van der Waals surface area contributed by atoms with Gasteiger partial charge in [0, 0.05) is 29.6 Å². The number of rotatable bonds is 5. The Morgan fingerprint density at radius 2 is 2.13 bits per heavy atom. The number of benzene rings is 1. The summed E-state index contributed by atoms with van der Waals surface area (Å²) in [6.45, 7) is 3.37. The van der Waals surface area contributed by atoms with Crippen molar-refractivity contribution in [3.63, 3.8) is 0 Å². The molecule has 9 heteroatoms. The maximum Gasteiger partial charge on any atom is 0.269 e. The van der Waals surface area contributed by atoms with Gasteiger partial charge in [-0.15, -0.1) is 0 Å². The molecule has 0 radical (unpaired) electrons. The van der Waals surface area contributed by atoms with Crippen molar-refractivity contribution in [3.05, 3.63) is 56.0 Å². The zero-order valence-corrected chi connectivity index (χ0v) is 13.3. The Kier molecular flexibility index (Phi) is 5.12. The minimum Gasteiger partial charge on any atom is -0.325 e. The lowest BCUT2D eigenvalue weighted by Crippen LogP contribution is -2.16. The van der Waals surface area contributed by atoms with Gasteiger partial charge in [-0.3, -0.25) is 19.7 Å². The predicted octanol–water partition coefficient (Wildman–Crippen LogP) is 2.03. The highest BCUT2D eigenvalue weighted by atomic mass is 32.2. The second kappa shape index (κ2) is 7.05. The summed E-state index contributed by atoms with van der Waals surface area (Å²) >= 11 is 1.10. The van der Waals surface area contributed by atoms with Crippen molar-refractivity contribution in [3.8, 4) is 0 Å². The van der Waals surface area contributed by atoms with Gasteiger partial charge in [0.05, 0.1) is 10.7 Å². The van der Waals surface area contributed by atoms with E-state index in [1.54, 1.807) is 13.8 Å². The molecule has 1 amide bonds. The summed E-state index contributed by atoms with van der Waals surface area (Å²) in [4.78, 5) is 40.1. The number of hydrogen-bond donors (Lipinski definition) is 2. The first kappa shape index (κ1) is 16.7. The number of amides is 1. The third-order valence-corrected chi connectivity index (χ3v) is 3.76. The van der Waals surface area contributed by atoms with Gasteiger partial charge in [-0.1, -0.05) is 11.8 Å². The minimum atomic E-state index is -0.492. The second-order valence-corrected chi connectivity index (χ2v) is 5.75. The van der Waals surface area contributed by atoms with Gasteiger partial charge in [0.15, 0.2) is 5.16 Å². The molecule has 0 aliphatic carbocycles. The van der Waals surface area contributed by atoms with Crippen LogP contribution in [0.25, 0.3) is 0 Å². The first-order chi connectivity index (χ1) is 10.8. The number of anilines is 1. The molecule has 0 unspecified atom stereocenters. The van der Waals surface area contributed by atoms with Crippen LogP contribution in [-0.4, -0.2) is 26.6 Å². The number of nitrogens with one attached hydrogen (secondary N) is 2. The molecule has 0 saturated heterocycles. The van der Waals surface area contributed by atoms with E-state index in [2.05, 4.69) is 15.3 Å². The zero-order chi connectivity index (χ0) is 17.0. The largest absolute Gasteiger partial charge is 0.325 e. The number of aromatic nitrogens is 2. The molecule has 23 heavy (non-hydrogen) atoms. The molecule has 0 saturated carbocycles. The lowest BCUT2D eigenvalue weighted by molar-refractivity contribution is -0.384. The van der Waals surface area contributed by atoms with E-state index in [1.165, 1.54) is 24.3 Å². The highest BCUT2D eigenvalue weighted by molar-refractivity contribution is 7.99. The van der Waals surface area contributed by atoms with Gasteiger partial charge in [-0.2, -0.15) is 0 Å². The quantitative estimate of drug-likeness (QED) is 0.374. The normalized spacial score (nSPS) is 10.3. The number of aromatic amines is 1. The van der Waals surface area contributed by atoms with Crippen LogP contribution in [0.3, 0.4) is 0 Å². The van der Waals surface area contributed by atoms with E-state index in [0.29, 0.717) is 22.1 Å². The fourth-order valence-electron chi connectivity index (χ4n) is 1.84. The van der Waals surface area contributed by atoms with Gasteiger partial charge in [0.1, 0.15) is 0 Å². The second-order valence-electron chi connectivity index (χ2n) is 4.79. The average molecular weight is 334 g/mol. The number of nitro benzene ring substituents is 1. The molecule has 1 aromatic heterocycles. The molecule has 2 aromatic rings. The van der Waals surface area contributed by atoms with E-state index < -0.39 is 4.92 Å². The van der Waals surface area contributed by atoms with E-state index >= 15 is 0 Å². The number of thioether (sulfide) groups is 1.